The highest BCUT2D eigenvalue weighted by molar-refractivity contribution is 9.10. The molecular formula is C14H12Br2FN. The van der Waals surface area contributed by atoms with E-state index in [1.165, 1.54) is 11.6 Å². The van der Waals surface area contributed by atoms with Crippen molar-refractivity contribution in [2.45, 2.75) is 13.5 Å². The summed E-state index contributed by atoms with van der Waals surface area (Å²) < 4.78 is 15.4. The second-order valence-corrected chi connectivity index (χ2v) is 5.83. The van der Waals surface area contributed by atoms with Gasteiger partial charge in [0.1, 0.15) is 5.82 Å². The van der Waals surface area contributed by atoms with Gasteiger partial charge in [0.05, 0.1) is 5.69 Å². The van der Waals surface area contributed by atoms with Crippen LogP contribution in [-0.4, -0.2) is 0 Å². The Hall–Kier alpha value is -0.870. The summed E-state index contributed by atoms with van der Waals surface area (Å²) in [5.74, 6) is -0.254. The molecule has 0 atom stereocenters. The highest BCUT2D eigenvalue weighted by Crippen LogP contribution is 2.21. The van der Waals surface area contributed by atoms with Gasteiger partial charge in [-0.3, -0.25) is 0 Å². The molecule has 0 amide bonds. The summed E-state index contributed by atoms with van der Waals surface area (Å²) >= 11 is 6.72. The van der Waals surface area contributed by atoms with Gasteiger partial charge in [-0.25, -0.2) is 4.39 Å². The lowest BCUT2D eigenvalue weighted by Gasteiger charge is -2.09. The predicted octanol–water partition coefficient (Wildman–Crippen LogP) is 5.27. The molecule has 0 fully saturated rings. The van der Waals surface area contributed by atoms with E-state index in [1.54, 1.807) is 6.07 Å². The van der Waals surface area contributed by atoms with Crippen molar-refractivity contribution in [2.24, 2.45) is 0 Å². The van der Waals surface area contributed by atoms with Crippen LogP contribution in [0.25, 0.3) is 0 Å². The first-order valence-electron chi connectivity index (χ1n) is 5.50. The van der Waals surface area contributed by atoms with E-state index in [2.05, 4.69) is 37.2 Å². The third-order valence-electron chi connectivity index (χ3n) is 2.65. The molecule has 0 radical (unpaired) electrons. The molecular weight excluding hydrogens is 361 g/mol. The Morgan fingerprint density at radius 3 is 2.56 bits per heavy atom. The minimum Gasteiger partial charge on any atom is -0.379 e. The molecule has 2 aromatic carbocycles. The summed E-state index contributed by atoms with van der Waals surface area (Å²) in [5, 5.41) is 3.09. The van der Waals surface area contributed by atoms with Crippen molar-refractivity contribution in [3.05, 3.63) is 62.3 Å². The van der Waals surface area contributed by atoms with Crippen LogP contribution in [0.2, 0.25) is 0 Å². The number of aryl methyl sites for hydroxylation is 1. The molecule has 0 saturated heterocycles. The molecule has 0 unspecified atom stereocenters. The SMILES string of the molecule is Cc1ccc(CNc2ccc(Br)cc2F)cc1Br. The molecule has 0 aromatic heterocycles. The first-order chi connectivity index (χ1) is 8.56. The molecule has 94 valence electrons. The Kier molecular flexibility index (Phi) is 4.40. The molecule has 0 heterocycles. The van der Waals surface area contributed by atoms with E-state index in [9.17, 15) is 4.39 Å². The van der Waals surface area contributed by atoms with Gasteiger partial charge in [-0.2, -0.15) is 0 Å². The third-order valence-corrected chi connectivity index (χ3v) is 4.00. The Morgan fingerprint density at radius 1 is 1.11 bits per heavy atom. The van der Waals surface area contributed by atoms with Gasteiger partial charge in [0.25, 0.3) is 0 Å². The molecule has 2 aromatic rings. The minimum atomic E-state index is -0.254. The van der Waals surface area contributed by atoms with Gasteiger partial charge in [-0.1, -0.05) is 44.0 Å². The zero-order valence-electron chi connectivity index (χ0n) is 9.81. The van der Waals surface area contributed by atoms with Gasteiger partial charge in [-0.15, -0.1) is 0 Å². The average molecular weight is 373 g/mol. The summed E-state index contributed by atoms with van der Waals surface area (Å²) in [4.78, 5) is 0. The fraction of sp³-hybridized carbons (Fsp3) is 0.143. The van der Waals surface area contributed by atoms with E-state index < -0.39 is 0 Å². The number of halogens is 3. The number of rotatable bonds is 3. The predicted molar refractivity (Wildman–Crippen MR) is 80.3 cm³/mol. The molecule has 0 aliphatic rings. The van der Waals surface area contributed by atoms with Crippen LogP contribution in [-0.2, 0) is 6.54 Å². The molecule has 18 heavy (non-hydrogen) atoms. The van der Waals surface area contributed by atoms with Crippen LogP contribution in [0.5, 0.6) is 0 Å². The van der Waals surface area contributed by atoms with Crippen LogP contribution in [0, 0.1) is 12.7 Å². The fourth-order valence-corrected chi connectivity index (χ4v) is 2.34. The maximum Gasteiger partial charge on any atom is 0.147 e. The molecule has 0 bridgehead atoms. The van der Waals surface area contributed by atoms with E-state index >= 15 is 0 Å². The lowest BCUT2D eigenvalue weighted by molar-refractivity contribution is 0.629. The van der Waals surface area contributed by atoms with Crippen molar-refractivity contribution < 1.29 is 4.39 Å². The Bertz CT molecular complexity index is 570. The fourth-order valence-electron chi connectivity index (χ4n) is 1.58. The third kappa shape index (κ3) is 3.33. The van der Waals surface area contributed by atoms with Crippen molar-refractivity contribution in [3.63, 3.8) is 0 Å². The number of benzene rings is 2. The molecule has 0 aliphatic heterocycles. The smallest absolute Gasteiger partial charge is 0.147 e. The van der Waals surface area contributed by atoms with Gasteiger partial charge < -0.3 is 5.32 Å². The first-order valence-corrected chi connectivity index (χ1v) is 7.09. The lowest BCUT2D eigenvalue weighted by atomic mass is 10.1. The van der Waals surface area contributed by atoms with Crippen LogP contribution in [0.4, 0.5) is 10.1 Å². The first kappa shape index (κ1) is 13.6. The van der Waals surface area contributed by atoms with Crippen molar-refractivity contribution in [1.82, 2.24) is 0 Å². The molecule has 1 N–H and O–H groups in total. The van der Waals surface area contributed by atoms with Crippen LogP contribution < -0.4 is 5.32 Å². The van der Waals surface area contributed by atoms with E-state index in [-0.39, 0.29) is 5.82 Å². The highest BCUT2D eigenvalue weighted by atomic mass is 79.9. The summed E-state index contributed by atoms with van der Waals surface area (Å²) in [5.41, 5.74) is 2.80. The van der Waals surface area contributed by atoms with Gasteiger partial charge in [0.2, 0.25) is 0 Å². The number of anilines is 1. The molecule has 1 nitrogen and oxygen atoms in total. The minimum absolute atomic E-state index is 0.254. The van der Waals surface area contributed by atoms with E-state index in [4.69, 9.17) is 0 Å². The number of hydrogen-bond acceptors (Lipinski definition) is 1. The molecule has 2 rings (SSSR count). The zero-order valence-corrected chi connectivity index (χ0v) is 13.0. The van der Waals surface area contributed by atoms with E-state index in [0.29, 0.717) is 12.2 Å². The van der Waals surface area contributed by atoms with Crippen molar-refractivity contribution in [3.8, 4) is 0 Å². The maximum absolute atomic E-state index is 13.6. The van der Waals surface area contributed by atoms with Crippen LogP contribution in [0.15, 0.2) is 45.3 Å². The van der Waals surface area contributed by atoms with Crippen molar-refractivity contribution in [2.75, 3.05) is 5.32 Å². The Labute approximate surface area is 123 Å². The molecule has 4 heteroatoms. The average Bonchev–Trinajstić information content (AvgIpc) is 2.32. The molecule has 0 spiro atoms. The van der Waals surface area contributed by atoms with Crippen molar-refractivity contribution >= 4 is 37.5 Å². The van der Waals surface area contributed by atoms with Gasteiger partial charge >= 0.3 is 0 Å². The van der Waals surface area contributed by atoms with Gasteiger partial charge in [-0.05, 0) is 42.3 Å². The lowest BCUT2D eigenvalue weighted by Crippen LogP contribution is -2.01. The van der Waals surface area contributed by atoms with E-state index in [0.717, 1.165) is 14.5 Å². The van der Waals surface area contributed by atoms with Crippen molar-refractivity contribution in [1.29, 1.82) is 0 Å². The molecule has 0 saturated carbocycles. The second-order valence-electron chi connectivity index (χ2n) is 4.06. The van der Waals surface area contributed by atoms with Gasteiger partial charge in [0, 0.05) is 15.5 Å². The van der Waals surface area contributed by atoms with Gasteiger partial charge in [0.15, 0.2) is 0 Å². The van der Waals surface area contributed by atoms with Crippen LogP contribution in [0.1, 0.15) is 11.1 Å². The summed E-state index contributed by atoms with van der Waals surface area (Å²) in [6.45, 7) is 2.63. The zero-order chi connectivity index (χ0) is 13.1. The Morgan fingerprint density at radius 2 is 1.89 bits per heavy atom. The standard InChI is InChI=1S/C14H12Br2FN/c1-9-2-3-10(6-12(9)16)8-18-14-5-4-11(15)7-13(14)17/h2-7,18H,8H2,1H3. The maximum atomic E-state index is 13.6. The topological polar surface area (TPSA) is 12.0 Å². The summed E-state index contributed by atoms with van der Waals surface area (Å²) in [6.07, 6.45) is 0. The Balaban J connectivity index is 2.09. The van der Waals surface area contributed by atoms with E-state index in [1.807, 2.05) is 31.2 Å². The normalized spacial score (nSPS) is 10.4. The highest BCUT2D eigenvalue weighted by Gasteiger charge is 2.03. The number of nitrogens with one attached hydrogen (secondary N) is 1. The summed E-state index contributed by atoms with van der Waals surface area (Å²) in [7, 11) is 0. The number of hydrogen-bond donors (Lipinski definition) is 1. The summed E-state index contributed by atoms with van der Waals surface area (Å²) in [6, 6.07) is 11.1. The monoisotopic (exact) mass is 371 g/mol. The van der Waals surface area contributed by atoms with Crippen LogP contribution in [0.3, 0.4) is 0 Å². The molecule has 0 aliphatic carbocycles. The van der Waals surface area contributed by atoms with Crippen LogP contribution >= 0.6 is 31.9 Å². The largest absolute Gasteiger partial charge is 0.379 e. The quantitative estimate of drug-likeness (QED) is 0.773. The second kappa shape index (κ2) is 5.85.